The molecule has 1 saturated heterocycles. The molecule has 2 aliphatic heterocycles. The number of para-hydroxylation sites is 1. The maximum atomic E-state index is 14.0. The standard InChI is InChI=1S/C22H20FN3O3S/c23-17-7-1-2-8-18(17)24-11-13-25(14-12-24)21(27)15-26-19-9-3-5-16-6-4-10-20(22(16)19)30(26,28)29/h1-10H,11-15H2. The van der Waals surface area contributed by atoms with Gasteiger partial charge in [0.15, 0.2) is 0 Å². The number of sulfonamides is 1. The first-order valence-corrected chi connectivity index (χ1v) is 11.2. The molecule has 5 rings (SSSR count). The summed E-state index contributed by atoms with van der Waals surface area (Å²) >= 11 is 0. The van der Waals surface area contributed by atoms with Gasteiger partial charge in [0, 0.05) is 31.6 Å². The van der Waals surface area contributed by atoms with E-state index in [9.17, 15) is 17.6 Å². The van der Waals surface area contributed by atoms with Crippen molar-refractivity contribution in [1.82, 2.24) is 4.90 Å². The van der Waals surface area contributed by atoms with Crippen LogP contribution in [0.15, 0.2) is 65.6 Å². The van der Waals surface area contributed by atoms with Gasteiger partial charge in [0.2, 0.25) is 5.91 Å². The molecule has 0 bridgehead atoms. The zero-order chi connectivity index (χ0) is 20.9. The molecule has 30 heavy (non-hydrogen) atoms. The van der Waals surface area contributed by atoms with Gasteiger partial charge in [-0.1, -0.05) is 36.4 Å². The zero-order valence-corrected chi connectivity index (χ0v) is 17.0. The largest absolute Gasteiger partial charge is 0.366 e. The number of halogens is 1. The van der Waals surface area contributed by atoms with Crippen molar-refractivity contribution in [1.29, 1.82) is 0 Å². The second-order valence-electron chi connectivity index (χ2n) is 7.46. The Morgan fingerprint density at radius 1 is 0.867 bits per heavy atom. The summed E-state index contributed by atoms with van der Waals surface area (Å²) in [6, 6.07) is 17.1. The highest BCUT2D eigenvalue weighted by atomic mass is 32.2. The SMILES string of the molecule is O=C(CN1c2cccc3cccc(c23)S1(=O)=O)N1CCN(c2ccccc2F)CC1. The van der Waals surface area contributed by atoms with E-state index >= 15 is 0 Å². The van der Waals surface area contributed by atoms with Crippen molar-refractivity contribution in [3.63, 3.8) is 0 Å². The van der Waals surface area contributed by atoms with E-state index in [-0.39, 0.29) is 23.2 Å². The molecule has 8 heteroatoms. The van der Waals surface area contributed by atoms with Crippen LogP contribution in [0.5, 0.6) is 0 Å². The summed E-state index contributed by atoms with van der Waals surface area (Å²) in [5, 5.41) is 1.50. The molecular weight excluding hydrogens is 405 g/mol. The molecule has 0 unspecified atom stereocenters. The van der Waals surface area contributed by atoms with Crippen LogP contribution in [0, 0.1) is 5.82 Å². The summed E-state index contributed by atoms with van der Waals surface area (Å²) in [5.41, 5.74) is 1.07. The highest BCUT2D eigenvalue weighted by Gasteiger charge is 2.37. The van der Waals surface area contributed by atoms with Crippen LogP contribution in [0.2, 0.25) is 0 Å². The quantitative estimate of drug-likeness (QED) is 0.648. The Kier molecular flexibility index (Phi) is 4.39. The molecule has 0 radical (unpaired) electrons. The molecule has 0 aromatic heterocycles. The number of hydrogen-bond acceptors (Lipinski definition) is 4. The van der Waals surface area contributed by atoms with Gasteiger partial charge in [0.05, 0.1) is 16.3 Å². The fourth-order valence-corrected chi connectivity index (χ4v) is 5.92. The second kappa shape index (κ2) is 6.98. The number of amides is 1. The normalized spacial score (nSPS) is 17.6. The van der Waals surface area contributed by atoms with E-state index < -0.39 is 10.0 Å². The molecule has 0 saturated carbocycles. The summed E-state index contributed by atoms with van der Waals surface area (Å²) in [7, 11) is -3.77. The summed E-state index contributed by atoms with van der Waals surface area (Å²) in [6.07, 6.45) is 0. The van der Waals surface area contributed by atoms with Gasteiger partial charge in [0.1, 0.15) is 12.4 Å². The predicted molar refractivity (Wildman–Crippen MR) is 114 cm³/mol. The van der Waals surface area contributed by atoms with Gasteiger partial charge in [-0.2, -0.15) is 0 Å². The molecule has 0 spiro atoms. The van der Waals surface area contributed by atoms with Crippen molar-refractivity contribution in [2.24, 2.45) is 0 Å². The van der Waals surface area contributed by atoms with Crippen molar-refractivity contribution >= 4 is 38.1 Å². The molecule has 2 heterocycles. The number of hydrogen-bond donors (Lipinski definition) is 0. The fourth-order valence-electron chi connectivity index (χ4n) is 4.26. The molecule has 0 aliphatic carbocycles. The first-order chi connectivity index (χ1) is 14.5. The molecule has 154 valence electrons. The summed E-state index contributed by atoms with van der Waals surface area (Å²) < 4.78 is 41.4. The van der Waals surface area contributed by atoms with E-state index in [1.54, 1.807) is 47.4 Å². The van der Waals surface area contributed by atoms with Crippen molar-refractivity contribution in [2.75, 3.05) is 41.9 Å². The van der Waals surface area contributed by atoms with E-state index in [2.05, 4.69) is 0 Å². The van der Waals surface area contributed by atoms with Crippen LogP contribution in [-0.2, 0) is 14.8 Å². The minimum Gasteiger partial charge on any atom is -0.366 e. The minimum absolute atomic E-state index is 0.240. The van der Waals surface area contributed by atoms with E-state index in [1.165, 1.54) is 10.4 Å². The first-order valence-electron chi connectivity index (χ1n) is 9.78. The third-order valence-corrected chi connectivity index (χ3v) is 7.59. The Hall–Kier alpha value is -3.13. The monoisotopic (exact) mass is 425 g/mol. The van der Waals surface area contributed by atoms with Gasteiger partial charge >= 0.3 is 0 Å². The van der Waals surface area contributed by atoms with E-state index in [4.69, 9.17) is 0 Å². The number of carbonyl (C=O) groups is 1. The number of piperazine rings is 1. The smallest absolute Gasteiger partial charge is 0.265 e. The van der Waals surface area contributed by atoms with Crippen molar-refractivity contribution in [3.05, 3.63) is 66.5 Å². The van der Waals surface area contributed by atoms with Crippen LogP contribution < -0.4 is 9.21 Å². The summed E-state index contributed by atoms with van der Waals surface area (Å²) in [5.74, 6) is -0.539. The second-order valence-corrected chi connectivity index (χ2v) is 9.29. The number of carbonyl (C=O) groups excluding carboxylic acids is 1. The topological polar surface area (TPSA) is 60.9 Å². The van der Waals surface area contributed by atoms with Crippen LogP contribution in [0.25, 0.3) is 10.8 Å². The maximum absolute atomic E-state index is 14.0. The Bertz CT molecular complexity index is 1250. The molecular formula is C22H20FN3O3S. The lowest BCUT2D eigenvalue weighted by Gasteiger charge is -2.36. The van der Waals surface area contributed by atoms with Gasteiger partial charge in [0.25, 0.3) is 10.0 Å². The van der Waals surface area contributed by atoms with Crippen LogP contribution in [0.4, 0.5) is 15.8 Å². The van der Waals surface area contributed by atoms with Gasteiger partial charge in [-0.15, -0.1) is 0 Å². The third-order valence-electron chi connectivity index (χ3n) is 5.79. The number of benzene rings is 3. The van der Waals surface area contributed by atoms with Crippen LogP contribution in [-0.4, -0.2) is 51.9 Å². The Morgan fingerprint density at radius 3 is 2.27 bits per heavy atom. The highest BCUT2D eigenvalue weighted by molar-refractivity contribution is 7.93. The predicted octanol–water partition coefficient (Wildman–Crippen LogP) is 2.84. The van der Waals surface area contributed by atoms with Gasteiger partial charge in [-0.25, -0.2) is 12.8 Å². The van der Waals surface area contributed by atoms with Crippen LogP contribution in [0.1, 0.15) is 0 Å². The Labute approximate surface area is 174 Å². The van der Waals surface area contributed by atoms with Gasteiger partial charge < -0.3 is 9.80 Å². The maximum Gasteiger partial charge on any atom is 0.265 e. The lowest BCUT2D eigenvalue weighted by Crippen LogP contribution is -2.51. The fraction of sp³-hybridized carbons (Fsp3) is 0.227. The van der Waals surface area contributed by atoms with E-state index in [0.717, 1.165) is 5.39 Å². The molecule has 1 fully saturated rings. The average molecular weight is 425 g/mol. The number of nitrogens with zero attached hydrogens (tertiary/aromatic N) is 3. The van der Waals surface area contributed by atoms with Crippen molar-refractivity contribution < 1.29 is 17.6 Å². The molecule has 0 N–H and O–H groups in total. The van der Waals surface area contributed by atoms with E-state index in [1.807, 2.05) is 17.0 Å². The zero-order valence-electron chi connectivity index (χ0n) is 16.2. The molecule has 1 amide bonds. The van der Waals surface area contributed by atoms with Gasteiger partial charge in [-0.05, 0) is 29.7 Å². The highest BCUT2D eigenvalue weighted by Crippen LogP contribution is 2.41. The Balaban J connectivity index is 1.34. The summed E-state index contributed by atoms with van der Waals surface area (Å²) in [6.45, 7) is 1.58. The molecule has 3 aromatic carbocycles. The first kappa shape index (κ1) is 18.9. The van der Waals surface area contributed by atoms with Crippen LogP contribution in [0.3, 0.4) is 0 Å². The Morgan fingerprint density at radius 2 is 1.53 bits per heavy atom. The van der Waals surface area contributed by atoms with Crippen molar-refractivity contribution in [2.45, 2.75) is 4.90 Å². The lowest BCUT2D eigenvalue weighted by atomic mass is 10.1. The number of anilines is 2. The third kappa shape index (κ3) is 2.90. The lowest BCUT2D eigenvalue weighted by molar-refractivity contribution is -0.129. The molecule has 6 nitrogen and oxygen atoms in total. The minimum atomic E-state index is -3.77. The van der Waals surface area contributed by atoms with Crippen LogP contribution >= 0.6 is 0 Å². The van der Waals surface area contributed by atoms with Gasteiger partial charge in [-0.3, -0.25) is 9.10 Å². The summed E-state index contributed by atoms with van der Waals surface area (Å²) in [4.78, 5) is 16.7. The number of rotatable bonds is 3. The average Bonchev–Trinajstić information content (AvgIpc) is 2.97. The van der Waals surface area contributed by atoms with E-state index in [0.29, 0.717) is 42.9 Å². The molecule has 3 aromatic rings. The molecule has 0 atom stereocenters. The molecule has 2 aliphatic rings. The van der Waals surface area contributed by atoms with Crippen molar-refractivity contribution in [3.8, 4) is 0 Å².